The van der Waals surface area contributed by atoms with Gasteiger partial charge in [-0.05, 0) is 92.5 Å². The first-order valence-corrected chi connectivity index (χ1v) is 18.4. The van der Waals surface area contributed by atoms with Gasteiger partial charge in [0, 0.05) is 42.2 Å². The maximum Gasteiger partial charge on any atom is 0.343 e. The van der Waals surface area contributed by atoms with Crippen molar-refractivity contribution >= 4 is 35.3 Å². The molecule has 0 aromatic heterocycles. The molecular weight excluding hydrogens is 784 g/mol. The second-order valence-electron chi connectivity index (χ2n) is 14.7. The summed E-state index contributed by atoms with van der Waals surface area (Å²) in [5.41, 5.74) is -4.35. The SMILES string of the molecule is CC(=O)OC/C=C/C1=CC2=C(CO1)C(=O)C(C)(OC(=O)c1c(C)cc(O)cc1O)C(=O)/C2=C\C=C\C1=CC2=C(CO1)C(=O)[C@](C)(O)[C@H](OC(=O)c1c(C)cc(O)cc1O)C2. The van der Waals surface area contributed by atoms with E-state index in [0.29, 0.717) is 5.57 Å². The van der Waals surface area contributed by atoms with Gasteiger partial charge in [0.15, 0.2) is 11.4 Å². The van der Waals surface area contributed by atoms with E-state index in [1.54, 1.807) is 0 Å². The van der Waals surface area contributed by atoms with Crippen LogP contribution in [-0.4, -0.2) is 97.9 Å². The summed E-state index contributed by atoms with van der Waals surface area (Å²) in [5, 5.41) is 51.6. The monoisotopic (exact) mass is 824 g/mol. The Bertz CT molecular complexity index is 2440. The number of aliphatic hydroxyl groups is 1. The molecule has 0 saturated carbocycles. The predicted molar refractivity (Wildman–Crippen MR) is 207 cm³/mol. The average Bonchev–Trinajstić information content (AvgIpc) is 3.15. The van der Waals surface area contributed by atoms with Crippen molar-refractivity contribution in [2.24, 2.45) is 0 Å². The van der Waals surface area contributed by atoms with Gasteiger partial charge in [-0.15, -0.1) is 0 Å². The van der Waals surface area contributed by atoms with Crippen molar-refractivity contribution in [3.05, 3.63) is 128 Å². The smallest absolute Gasteiger partial charge is 0.343 e. The standard InChI is InChI=1S/C44H40O16/c1-21-12-25(46)16-33(48)36(21)41(53)59-35-15-24-14-27(57-19-31(24)38(50)43(35,4)55)8-6-10-29-30-18-28(9-7-11-56-23(3)45)58-20-32(30)40(52)44(5,39(29)51)60-42(54)37-22(2)13-26(47)17-34(37)49/h6-10,12-14,16-18,35,46-49,55H,11,15,19-20H2,1-5H3/b8-6+,9-7+,29-10-/t35-,43-,44?/m1/s1. The lowest BCUT2D eigenvalue weighted by Gasteiger charge is -2.38. The molecule has 0 saturated heterocycles. The Balaban J connectivity index is 1.32. The second kappa shape index (κ2) is 16.2. The predicted octanol–water partition coefficient (Wildman–Crippen LogP) is 4.17. The summed E-state index contributed by atoms with van der Waals surface area (Å²) in [5.74, 6) is -6.70. The molecule has 312 valence electrons. The number of aryl methyl sites for hydroxylation is 2. The van der Waals surface area contributed by atoms with E-state index in [1.807, 2.05) is 0 Å². The Hall–Kier alpha value is -7.20. The van der Waals surface area contributed by atoms with Gasteiger partial charge in [-0.2, -0.15) is 0 Å². The molecule has 3 atom stereocenters. The molecule has 1 unspecified atom stereocenters. The molecule has 2 aromatic rings. The van der Waals surface area contributed by atoms with Crippen LogP contribution in [0.25, 0.3) is 0 Å². The molecule has 16 nitrogen and oxygen atoms in total. The number of hydrogen-bond donors (Lipinski definition) is 5. The number of carbonyl (C=O) groups excluding carboxylic acids is 6. The first-order chi connectivity index (χ1) is 28.2. The van der Waals surface area contributed by atoms with Gasteiger partial charge in [0.2, 0.25) is 17.2 Å². The van der Waals surface area contributed by atoms with Crippen molar-refractivity contribution in [1.29, 1.82) is 0 Å². The molecule has 2 aliphatic heterocycles. The van der Waals surface area contributed by atoms with Gasteiger partial charge in [0.05, 0.1) is 0 Å². The van der Waals surface area contributed by atoms with E-state index in [-0.39, 0.29) is 93.8 Å². The van der Waals surface area contributed by atoms with E-state index >= 15 is 0 Å². The number of Topliss-reactive ketones (excluding diaryl/α,β-unsaturated/α-hetero) is 3. The van der Waals surface area contributed by atoms with Gasteiger partial charge in [-0.25, -0.2) is 9.59 Å². The highest BCUT2D eigenvalue weighted by atomic mass is 16.6. The largest absolute Gasteiger partial charge is 0.508 e. The third kappa shape index (κ3) is 8.09. The Morgan fingerprint density at radius 3 is 1.98 bits per heavy atom. The Morgan fingerprint density at radius 2 is 1.38 bits per heavy atom. The van der Waals surface area contributed by atoms with Crippen LogP contribution >= 0.6 is 0 Å². The number of allylic oxidation sites excluding steroid dienone is 7. The van der Waals surface area contributed by atoms with Crippen LogP contribution in [0.1, 0.15) is 59.0 Å². The van der Waals surface area contributed by atoms with Crippen molar-refractivity contribution in [3.8, 4) is 23.0 Å². The highest BCUT2D eigenvalue weighted by molar-refractivity contribution is 6.29. The summed E-state index contributed by atoms with van der Waals surface area (Å²) in [4.78, 5) is 79.6. The number of carbonyl (C=O) groups is 6. The maximum atomic E-state index is 14.3. The Labute approximate surface area is 342 Å². The minimum absolute atomic E-state index is 0.0135. The van der Waals surface area contributed by atoms with Crippen LogP contribution in [0.15, 0.2) is 106 Å². The summed E-state index contributed by atoms with van der Waals surface area (Å²) in [7, 11) is 0. The maximum absolute atomic E-state index is 14.3. The van der Waals surface area contributed by atoms with E-state index in [2.05, 4.69) is 0 Å². The van der Waals surface area contributed by atoms with E-state index in [9.17, 15) is 54.3 Å². The topological polar surface area (TPSA) is 250 Å². The molecule has 60 heavy (non-hydrogen) atoms. The van der Waals surface area contributed by atoms with Crippen LogP contribution in [0.3, 0.4) is 0 Å². The number of rotatable bonds is 9. The lowest BCUT2D eigenvalue weighted by Crippen LogP contribution is -2.53. The van der Waals surface area contributed by atoms with Gasteiger partial charge in [0.1, 0.15) is 71.6 Å². The first-order valence-electron chi connectivity index (χ1n) is 18.4. The number of hydrogen-bond acceptors (Lipinski definition) is 16. The highest BCUT2D eigenvalue weighted by Gasteiger charge is 2.53. The normalized spacial score (nSPS) is 23.5. The van der Waals surface area contributed by atoms with Crippen molar-refractivity contribution < 1.29 is 78.0 Å². The van der Waals surface area contributed by atoms with Crippen LogP contribution in [0.4, 0.5) is 0 Å². The summed E-state index contributed by atoms with van der Waals surface area (Å²) in [6.45, 7) is 5.75. The molecule has 0 spiro atoms. The van der Waals surface area contributed by atoms with Crippen molar-refractivity contribution in [2.75, 3.05) is 19.8 Å². The molecule has 4 aliphatic rings. The number of phenols is 4. The molecule has 0 radical (unpaired) electrons. The second-order valence-corrected chi connectivity index (χ2v) is 14.7. The van der Waals surface area contributed by atoms with Crippen LogP contribution in [0.5, 0.6) is 23.0 Å². The third-order valence-corrected chi connectivity index (χ3v) is 10.3. The lowest BCUT2D eigenvalue weighted by molar-refractivity contribution is -0.147. The van der Waals surface area contributed by atoms with Gasteiger partial charge in [-0.3, -0.25) is 19.2 Å². The fourth-order valence-electron chi connectivity index (χ4n) is 7.13. The summed E-state index contributed by atoms with van der Waals surface area (Å²) in [6.07, 6.45) is 8.56. The summed E-state index contributed by atoms with van der Waals surface area (Å²) in [6, 6.07) is 4.30. The van der Waals surface area contributed by atoms with Crippen molar-refractivity contribution in [3.63, 3.8) is 0 Å². The van der Waals surface area contributed by atoms with Gasteiger partial charge >= 0.3 is 17.9 Å². The lowest BCUT2D eigenvalue weighted by atomic mass is 9.75. The van der Waals surface area contributed by atoms with E-state index in [0.717, 1.165) is 19.1 Å². The zero-order chi connectivity index (χ0) is 43.8. The average molecular weight is 825 g/mol. The first kappa shape index (κ1) is 42.4. The van der Waals surface area contributed by atoms with Crippen LogP contribution in [0, 0.1) is 13.8 Å². The van der Waals surface area contributed by atoms with E-state index in [1.165, 1.54) is 82.4 Å². The van der Waals surface area contributed by atoms with Crippen LogP contribution in [0.2, 0.25) is 0 Å². The van der Waals surface area contributed by atoms with Crippen molar-refractivity contribution in [2.45, 2.75) is 58.3 Å². The molecule has 16 heteroatoms. The summed E-state index contributed by atoms with van der Waals surface area (Å²) >= 11 is 0. The number of phenolic OH excluding ortho intramolecular Hbond substituents is 4. The number of esters is 3. The number of ether oxygens (including phenoxy) is 5. The minimum atomic E-state index is -2.44. The highest BCUT2D eigenvalue weighted by Crippen LogP contribution is 2.40. The molecule has 2 heterocycles. The van der Waals surface area contributed by atoms with Crippen LogP contribution < -0.4 is 0 Å². The number of aromatic hydroxyl groups is 4. The fourth-order valence-corrected chi connectivity index (χ4v) is 7.13. The van der Waals surface area contributed by atoms with E-state index in [4.69, 9.17) is 23.7 Å². The zero-order valence-corrected chi connectivity index (χ0v) is 33.0. The molecule has 0 amide bonds. The van der Waals surface area contributed by atoms with E-state index < -0.39 is 64.1 Å². The van der Waals surface area contributed by atoms with Crippen LogP contribution in [-0.2, 0) is 42.9 Å². The molecule has 6 rings (SSSR count). The summed E-state index contributed by atoms with van der Waals surface area (Å²) < 4.78 is 27.6. The number of benzene rings is 2. The zero-order valence-electron chi connectivity index (χ0n) is 33.0. The Morgan fingerprint density at radius 1 is 0.800 bits per heavy atom. The molecular formula is C44H40O16. The Kier molecular flexibility index (Phi) is 11.5. The molecule has 2 aliphatic carbocycles. The van der Waals surface area contributed by atoms with Crippen molar-refractivity contribution in [1.82, 2.24) is 0 Å². The van der Waals surface area contributed by atoms with Gasteiger partial charge in [-0.1, -0.05) is 12.2 Å². The van der Waals surface area contributed by atoms with Gasteiger partial charge in [0.25, 0.3) is 0 Å². The van der Waals surface area contributed by atoms with Gasteiger partial charge < -0.3 is 49.2 Å². The molecule has 0 bridgehead atoms. The molecule has 0 fully saturated rings. The number of ketones is 3. The fraction of sp³-hybridized carbons (Fsp3) is 0.273. The quantitative estimate of drug-likeness (QED) is 0.103. The minimum Gasteiger partial charge on any atom is -0.508 e. The molecule has 2 aromatic carbocycles. The molecule has 5 N–H and O–H groups in total. The third-order valence-electron chi connectivity index (χ3n) is 10.3.